The van der Waals surface area contributed by atoms with E-state index in [0.29, 0.717) is 18.0 Å². The molecule has 0 saturated carbocycles. The summed E-state index contributed by atoms with van der Waals surface area (Å²) < 4.78 is 32.9. The quantitative estimate of drug-likeness (QED) is 0.849. The first-order valence-electron chi connectivity index (χ1n) is 7.04. The first-order chi connectivity index (χ1) is 10.6. The number of hydrogen-bond acceptors (Lipinski definition) is 2. The SMILES string of the molecule is COc1ccc2c(c1)CCCN2C(=O)c1c(F)cccc1F. The lowest BCUT2D eigenvalue weighted by Crippen LogP contribution is -2.36. The van der Waals surface area contributed by atoms with Crippen molar-refractivity contribution >= 4 is 11.6 Å². The fourth-order valence-electron chi connectivity index (χ4n) is 2.75. The molecule has 0 saturated heterocycles. The minimum Gasteiger partial charge on any atom is -0.497 e. The lowest BCUT2D eigenvalue weighted by Gasteiger charge is -2.30. The van der Waals surface area contributed by atoms with E-state index < -0.39 is 23.1 Å². The van der Waals surface area contributed by atoms with Gasteiger partial charge in [0.05, 0.1) is 7.11 Å². The third-order valence-electron chi connectivity index (χ3n) is 3.83. The summed E-state index contributed by atoms with van der Waals surface area (Å²) in [6.45, 7) is 0.436. The second kappa shape index (κ2) is 5.75. The van der Waals surface area contributed by atoms with Gasteiger partial charge < -0.3 is 9.64 Å². The van der Waals surface area contributed by atoms with Crippen molar-refractivity contribution in [3.05, 3.63) is 59.2 Å². The van der Waals surface area contributed by atoms with Crippen LogP contribution in [0, 0.1) is 11.6 Å². The number of ether oxygens (including phenoxy) is 1. The fraction of sp³-hybridized carbons (Fsp3) is 0.235. The molecule has 1 aliphatic heterocycles. The molecule has 0 fully saturated rings. The Morgan fingerprint density at radius 2 is 1.91 bits per heavy atom. The van der Waals surface area contributed by atoms with Crippen molar-refractivity contribution in [1.29, 1.82) is 0 Å². The smallest absolute Gasteiger partial charge is 0.264 e. The van der Waals surface area contributed by atoms with Gasteiger partial charge in [-0.15, -0.1) is 0 Å². The Bertz CT molecular complexity index is 710. The summed E-state index contributed by atoms with van der Waals surface area (Å²) in [6, 6.07) is 8.78. The molecule has 1 aliphatic rings. The number of nitrogens with zero attached hydrogens (tertiary/aromatic N) is 1. The van der Waals surface area contributed by atoms with E-state index in [4.69, 9.17) is 4.74 Å². The first-order valence-corrected chi connectivity index (χ1v) is 7.04. The largest absolute Gasteiger partial charge is 0.497 e. The molecule has 2 aromatic carbocycles. The van der Waals surface area contributed by atoms with Crippen molar-refractivity contribution in [2.24, 2.45) is 0 Å². The van der Waals surface area contributed by atoms with E-state index in [1.807, 2.05) is 6.07 Å². The standard InChI is InChI=1S/C17H15F2NO2/c1-22-12-7-8-15-11(10-12)4-3-9-20(15)17(21)16-13(18)5-2-6-14(16)19/h2,5-8,10H,3-4,9H2,1H3. The van der Waals surface area contributed by atoms with E-state index in [9.17, 15) is 13.6 Å². The zero-order valence-corrected chi connectivity index (χ0v) is 12.1. The molecular formula is C17H15F2NO2. The van der Waals surface area contributed by atoms with Crippen LogP contribution in [0.2, 0.25) is 0 Å². The molecule has 2 aromatic rings. The lowest BCUT2D eigenvalue weighted by molar-refractivity contribution is 0.0977. The van der Waals surface area contributed by atoms with Gasteiger partial charge in [0.15, 0.2) is 0 Å². The van der Waals surface area contributed by atoms with Gasteiger partial charge in [-0.3, -0.25) is 4.79 Å². The molecule has 22 heavy (non-hydrogen) atoms. The van der Waals surface area contributed by atoms with Crippen LogP contribution in [-0.2, 0) is 6.42 Å². The highest BCUT2D eigenvalue weighted by molar-refractivity contribution is 6.07. The van der Waals surface area contributed by atoms with Crippen molar-refractivity contribution < 1.29 is 18.3 Å². The maximum Gasteiger partial charge on any atom is 0.264 e. The Labute approximate surface area is 127 Å². The fourth-order valence-corrected chi connectivity index (χ4v) is 2.75. The number of hydrogen-bond donors (Lipinski definition) is 0. The van der Waals surface area contributed by atoms with E-state index in [1.165, 1.54) is 11.0 Å². The molecule has 0 aromatic heterocycles. The Morgan fingerprint density at radius 3 is 2.59 bits per heavy atom. The minimum absolute atomic E-state index is 0.436. The number of aryl methyl sites for hydroxylation is 1. The number of halogens is 2. The van der Waals surface area contributed by atoms with Gasteiger partial charge in [-0.05, 0) is 48.7 Å². The number of amides is 1. The lowest BCUT2D eigenvalue weighted by atomic mass is 10.00. The molecule has 0 radical (unpaired) electrons. The van der Waals surface area contributed by atoms with Crippen LogP contribution in [-0.4, -0.2) is 19.6 Å². The molecule has 0 unspecified atom stereocenters. The molecule has 0 atom stereocenters. The number of benzene rings is 2. The van der Waals surface area contributed by atoms with Gasteiger partial charge in [-0.2, -0.15) is 0 Å². The monoisotopic (exact) mass is 303 g/mol. The number of anilines is 1. The van der Waals surface area contributed by atoms with Crippen molar-refractivity contribution in [3.8, 4) is 5.75 Å². The normalized spacial score (nSPS) is 13.7. The number of carbonyl (C=O) groups is 1. The third-order valence-corrected chi connectivity index (χ3v) is 3.83. The van der Waals surface area contributed by atoms with Crippen LogP contribution in [0.5, 0.6) is 5.75 Å². The predicted octanol–water partition coefficient (Wildman–Crippen LogP) is 3.57. The third kappa shape index (κ3) is 2.43. The van der Waals surface area contributed by atoms with Crippen LogP contribution in [0.1, 0.15) is 22.3 Å². The zero-order chi connectivity index (χ0) is 15.7. The molecule has 3 rings (SSSR count). The highest BCUT2D eigenvalue weighted by Crippen LogP contribution is 2.32. The van der Waals surface area contributed by atoms with Gasteiger partial charge in [-0.1, -0.05) is 6.07 Å². The molecule has 1 amide bonds. The number of carbonyl (C=O) groups excluding carboxylic acids is 1. The molecule has 114 valence electrons. The summed E-state index contributed by atoms with van der Waals surface area (Å²) >= 11 is 0. The summed E-state index contributed by atoms with van der Waals surface area (Å²) in [5, 5.41) is 0. The van der Waals surface area contributed by atoms with Crippen LogP contribution >= 0.6 is 0 Å². The van der Waals surface area contributed by atoms with Crippen molar-refractivity contribution in [2.75, 3.05) is 18.6 Å². The molecule has 3 nitrogen and oxygen atoms in total. The van der Waals surface area contributed by atoms with Crippen LogP contribution in [0.3, 0.4) is 0 Å². The molecule has 0 aliphatic carbocycles. The van der Waals surface area contributed by atoms with Crippen molar-refractivity contribution in [3.63, 3.8) is 0 Å². The summed E-state index contributed by atoms with van der Waals surface area (Å²) in [5.74, 6) is -1.64. The maximum absolute atomic E-state index is 13.8. The Hall–Kier alpha value is -2.43. The van der Waals surface area contributed by atoms with Crippen LogP contribution in [0.25, 0.3) is 0 Å². The van der Waals surface area contributed by atoms with E-state index in [-0.39, 0.29) is 0 Å². The predicted molar refractivity (Wildman–Crippen MR) is 79.3 cm³/mol. The summed E-state index contributed by atoms with van der Waals surface area (Å²) in [7, 11) is 1.57. The first kappa shape index (κ1) is 14.5. The van der Waals surface area contributed by atoms with E-state index in [1.54, 1.807) is 19.2 Å². The van der Waals surface area contributed by atoms with Crippen molar-refractivity contribution in [2.45, 2.75) is 12.8 Å². The molecule has 1 heterocycles. The molecule has 5 heteroatoms. The average Bonchev–Trinajstić information content (AvgIpc) is 2.53. The van der Waals surface area contributed by atoms with Crippen molar-refractivity contribution in [1.82, 2.24) is 0 Å². The summed E-state index contributed by atoms with van der Waals surface area (Å²) in [5.41, 5.74) is 1.11. The molecule has 0 spiro atoms. The highest BCUT2D eigenvalue weighted by atomic mass is 19.1. The average molecular weight is 303 g/mol. The molecule has 0 N–H and O–H groups in total. The molecular weight excluding hydrogens is 288 g/mol. The Balaban J connectivity index is 2.02. The van der Waals surface area contributed by atoms with Crippen LogP contribution in [0.4, 0.5) is 14.5 Å². The number of fused-ring (bicyclic) bond motifs is 1. The summed E-state index contributed by atoms with van der Waals surface area (Å²) in [6.07, 6.45) is 1.54. The minimum atomic E-state index is -0.842. The van der Waals surface area contributed by atoms with Gasteiger partial charge in [0.25, 0.3) is 5.91 Å². The highest BCUT2D eigenvalue weighted by Gasteiger charge is 2.27. The maximum atomic E-state index is 13.8. The zero-order valence-electron chi connectivity index (χ0n) is 12.1. The second-order valence-electron chi connectivity index (χ2n) is 5.15. The van der Waals surface area contributed by atoms with Gasteiger partial charge in [0.2, 0.25) is 0 Å². The second-order valence-corrected chi connectivity index (χ2v) is 5.15. The Morgan fingerprint density at radius 1 is 1.18 bits per heavy atom. The Kier molecular flexibility index (Phi) is 3.79. The van der Waals surface area contributed by atoms with E-state index in [2.05, 4.69) is 0 Å². The van der Waals surface area contributed by atoms with Gasteiger partial charge in [0, 0.05) is 12.2 Å². The summed E-state index contributed by atoms with van der Waals surface area (Å²) in [4.78, 5) is 14.0. The number of methoxy groups -OCH3 is 1. The van der Waals surface area contributed by atoms with Gasteiger partial charge in [0.1, 0.15) is 22.9 Å². The molecule has 0 bridgehead atoms. The van der Waals surface area contributed by atoms with Gasteiger partial charge >= 0.3 is 0 Å². The van der Waals surface area contributed by atoms with Crippen LogP contribution < -0.4 is 9.64 Å². The van der Waals surface area contributed by atoms with Crippen LogP contribution in [0.15, 0.2) is 36.4 Å². The number of rotatable bonds is 2. The topological polar surface area (TPSA) is 29.5 Å². The van der Waals surface area contributed by atoms with Gasteiger partial charge in [-0.25, -0.2) is 8.78 Å². The van der Waals surface area contributed by atoms with E-state index >= 15 is 0 Å². The van der Waals surface area contributed by atoms with E-state index in [0.717, 1.165) is 30.5 Å².